The first-order valence-electron chi connectivity index (χ1n) is 8.75. The van der Waals surface area contributed by atoms with Crippen molar-refractivity contribution in [2.24, 2.45) is 5.41 Å². The van der Waals surface area contributed by atoms with Crippen LogP contribution in [0.3, 0.4) is 0 Å². The van der Waals surface area contributed by atoms with Crippen LogP contribution in [-0.2, 0) is 6.54 Å². The summed E-state index contributed by atoms with van der Waals surface area (Å²) in [4.78, 5) is 2.38. The van der Waals surface area contributed by atoms with Gasteiger partial charge in [-0.1, -0.05) is 43.3 Å². The zero-order valence-corrected chi connectivity index (χ0v) is 15.1. The summed E-state index contributed by atoms with van der Waals surface area (Å²) in [5, 5.41) is 20.6. The van der Waals surface area contributed by atoms with Gasteiger partial charge < -0.3 is 14.9 Å². The van der Waals surface area contributed by atoms with E-state index in [0.29, 0.717) is 5.75 Å². The Morgan fingerprint density at radius 3 is 2.56 bits per heavy atom. The third kappa shape index (κ3) is 3.51. The Bertz CT molecular complexity index is 716. The van der Waals surface area contributed by atoms with Gasteiger partial charge in [-0.25, -0.2) is 0 Å². The predicted octanol–water partition coefficient (Wildman–Crippen LogP) is 3.39. The molecule has 1 heterocycles. The van der Waals surface area contributed by atoms with E-state index in [0.717, 1.165) is 25.2 Å². The van der Waals surface area contributed by atoms with Crippen LogP contribution in [0, 0.1) is 5.41 Å². The van der Waals surface area contributed by atoms with E-state index >= 15 is 0 Å². The fraction of sp³-hybridized carbons (Fsp3) is 0.429. The molecule has 4 nitrogen and oxygen atoms in total. The molecular weight excluding hydrogens is 314 g/mol. The van der Waals surface area contributed by atoms with E-state index < -0.39 is 6.10 Å². The lowest BCUT2D eigenvalue weighted by Gasteiger charge is -2.34. The Morgan fingerprint density at radius 1 is 1.24 bits per heavy atom. The molecule has 2 N–H and O–H groups in total. The first kappa shape index (κ1) is 17.8. The van der Waals surface area contributed by atoms with Crippen LogP contribution in [-0.4, -0.2) is 41.4 Å². The van der Waals surface area contributed by atoms with E-state index in [4.69, 9.17) is 4.74 Å². The monoisotopic (exact) mass is 341 g/mol. The molecule has 3 rings (SSSR count). The van der Waals surface area contributed by atoms with Crippen molar-refractivity contribution < 1.29 is 14.9 Å². The second kappa shape index (κ2) is 7.06. The third-order valence-corrected chi connectivity index (χ3v) is 5.61. The molecule has 3 atom stereocenters. The summed E-state index contributed by atoms with van der Waals surface area (Å²) in [7, 11) is 1.55. The van der Waals surface area contributed by atoms with Gasteiger partial charge in [-0.2, -0.15) is 0 Å². The van der Waals surface area contributed by atoms with E-state index in [1.54, 1.807) is 19.2 Å². The Labute approximate surface area is 149 Å². The van der Waals surface area contributed by atoms with E-state index in [1.807, 2.05) is 19.1 Å². The summed E-state index contributed by atoms with van der Waals surface area (Å²) in [6.07, 6.45) is -0.442. The van der Waals surface area contributed by atoms with Crippen LogP contribution in [0.4, 0.5) is 0 Å². The van der Waals surface area contributed by atoms with Gasteiger partial charge in [0.15, 0.2) is 11.5 Å². The van der Waals surface area contributed by atoms with E-state index in [-0.39, 0.29) is 17.1 Å². The highest BCUT2D eigenvalue weighted by Crippen LogP contribution is 2.46. The van der Waals surface area contributed by atoms with Gasteiger partial charge in [0, 0.05) is 31.0 Å². The smallest absolute Gasteiger partial charge is 0.160 e. The van der Waals surface area contributed by atoms with Crippen LogP contribution in [0.15, 0.2) is 48.5 Å². The quantitative estimate of drug-likeness (QED) is 0.875. The van der Waals surface area contributed by atoms with Crippen molar-refractivity contribution in [3.63, 3.8) is 0 Å². The van der Waals surface area contributed by atoms with Crippen LogP contribution in [0.5, 0.6) is 11.5 Å². The van der Waals surface area contributed by atoms with Crippen molar-refractivity contribution in [3.8, 4) is 11.5 Å². The minimum absolute atomic E-state index is 0.146. The van der Waals surface area contributed by atoms with Crippen LogP contribution in [0.2, 0.25) is 0 Å². The average molecular weight is 341 g/mol. The van der Waals surface area contributed by atoms with Crippen molar-refractivity contribution in [2.75, 3.05) is 20.2 Å². The Hall–Kier alpha value is -2.04. The molecule has 2 aromatic rings. The molecule has 1 fully saturated rings. The number of hydrogen-bond acceptors (Lipinski definition) is 4. The minimum atomic E-state index is -0.442. The minimum Gasteiger partial charge on any atom is -0.504 e. The molecule has 0 amide bonds. The molecule has 134 valence electrons. The van der Waals surface area contributed by atoms with Gasteiger partial charge in [0.1, 0.15) is 0 Å². The average Bonchev–Trinajstić information content (AvgIpc) is 2.93. The molecule has 25 heavy (non-hydrogen) atoms. The maximum absolute atomic E-state index is 10.5. The first-order chi connectivity index (χ1) is 11.9. The molecule has 1 aliphatic rings. The van der Waals surface area contributed by atoms with Crippen LogP contribution < -0.4 is 4.74 Å². The number of nitrogens with zero attached hydrogens (tertiary/aromatic N) is 1. The van der Waals surface area contributed by atoms with Gasteiger partial charge in [0.25, 0.3) is 0 Å². The van der Waals surface area contributed by atoms with Crippen molar-refractivity contribution in [1.82, 2.24) is 4.90 Å². The number of aromatic hydroxyl groups is 1. The maximum Gasteiger partial charge on any atom is 0.160 e. The molecule has 4 heteroatoms. The van der Waals surface area contributed by atoms with E-state index in [9.17, 15) is 10.2 Å². The number of methoxy groups -OCH3 is 1. The second-order valence-corrected chi connectivity index (χ2v) is 7.32. The Morgan fingerprint density at radius 2 is 1.96 bits per heavy atom. The fourth-order valence-electron chi connectivity index (χ4n) is 3.92. The second-order valence-electron chi connectivity index (χ2n) is 7.32. The van der Waals surface area contributed by atoms with Gasteiger partial charge in [-0.15, -0.1) is 0 Å². The summed E-state index contributed by atoms with van der Waals surface area (Å²) in [5.41, 5.74) is 2.04. The number of likely N-dealkylation sites (tertiary alicyclic amines) is 1. The molecule has 0 saturated carbocycles. The van der Waals surface area contributed by atoms with Crippen LogP contribution in [0.1, 0.15) is 30.9 Å². The van der Waals surface area contributed by atoms with Crippen molar-refractivity contribution in [2.45, 2.75) is 32.4 Å². The Balaban J connectivity index is 1.87. The van der Waals surface area contributed by atoms with Gasteiger partial charge in [-0.3, -0.25) is 4.90 Å². The first-order valence-corrected chi connectivity index (χ1v) is 8.75. The molecule has 3 unspecified atom stereocenters. The third-order valence-electron chi connectivity index (χ3n) is 5.61. The summed E-state index contributed by atoms with van der Waals surface area (Å²) in [5.74, 6) is 0.768. The topological polar surface area (TPSA) is 52.9 Å². The van der Waals surface area contributed by atoms with Crippen molar-refractivity contribution >= 4 is 0 Å². The summed E-state index contributed by atoms with van der Waals surface area (Å²) >= 11 is 0. The highest BCUT2D eigenvalue weighted by atomic mass is 16.5. The summed E-state index contributed by atoms with van der Waals surface area (Å²) in [6, 6.07) is 16.0. The predicted molar refractivity (Wildman–Crippen MR) is 98.9 cm³/mol. The number of hydrogen-bond donors (Lipinski definition) is 2. The largest absolute Gasteiger partial charge is 0.504 e. The number of aliphatic hydroxyl groups is 1. The van der Waals surface area contributed by atoms with Crippen molar-refractivity contribution in [3.05, 3.63) is 59.7 Å². The van der Waals surface area contributed by atoms with Crippen LogP contribution in [0.25, 0.3) is 0 Å². The van der Waals surface area contributed by atoms with Gasteiger partial charge in [0.2, 0.25) is 0 Å². The highest BCUT2D eigenvalue weighted by molar-refractivity contribution is 5.43. The number of phenolic OH excluding ortho intramolecular Hbond substituents is 1. The number of benzene rings is 2. The molecule has 2 aromatic carbocycles. The normalized spacial score (nSPS) is 25.0. The summed E-state index contributed by atoms with van der Waals surface area (Å²) in [6.45, 7) is 6.53. The lowest BCUT2D eigenvalue weighted by atomic mass is 9.72. The number of rotatable bonds is 5. The molecule has 0 spiro atoms. The highest BCUT2D eigenvalue weighted by Gasteiger charge is 2.46. The van der Waals surface area contributed by atoms with Crippen LogP contribution >= 0.6 is 0 Å². The lowest BCUT2D eigenvalue weighted by Crippen LogP contribution is -2.36. The fourth-order valence-corrected chi connectivity index (χ4v) is 3.92. The van der Waals surface area contributed by atoms with E-state index in [1.165, 1.54) is 5.56 Å². The molecule has 1 saturated heterocycles. The van der Waals surface area contributed by atoms with Gasteiger partial charge in [0.05, 0.1) is 13.2 Å². The zero-order chi connectivity index (χ0) is 18.0. The van der Waals surface area contributed by atoms with Gasteiger partial charge >= 0.3 is 0 Å². The molecule has 0 aliphatic carbocycles. The number of ether oxygens (including phenoxy) is 1. The molecule has 0 radical (unpaired) electrons. The number of aliphatic hydroxyl groups excluding tert-OH is 1. The molecule has 0 bridgehead atoms. The zero-order valence-electron chi connectivity index (χ0n) is 15.1. The molecule has 1 aliphatic heterocycles. The SMILES string of the molecule is COc1ccc(C2CN(Cc3ccccc3)CC2(C)C(C)O)cc1O. The standard InChI is InChI=1S/C21H27NO3/c1-15(23)21(2)14-22(12-16-7-5-4-6-8-16)13-18(21)17-9-10-20(25-3)19(24)11-17/h4-11,15,18,23-24H,12-14H2,1-3H3. The number of phenols is 1. The molecule has 0 aromatic heterocycles. The van der Waals surface area contributed by atoms with Gasteiger partial charge in [-0.05, 0) is 30.2 Å². The Kier molecular flexibility index (Phi) is 5.02. The lowest BCUT2D eigenvalue weighted by molar-refractivity contribution is 0.0475. The van der Waals surface area contributed by atoms with Crippen molar-refractivity contribution in [1.29, 1.82) is 0 Å². The maximum atomic E-state index is 10.5. The summed E-state index contributed by atoms with van der Waals surface area (Å²) < 4.78 is 5.15. The molecular formula is C21H27NO3. The van der Waals surface area contributed by atoms with E-state index in [2.05, 4.69) is 36.1 Å².